The molecule has 3 atom stereocenters. The molecule has 33 heavy (non-hydrogen) atoms. The van der Waals surface area contributed by atoms with Crippen LogP contribution in [0.5, 0.6) is 0 Å². The normalized spacial score (nSPS) is 25.0. The number of carbonyl (C=O) groups is 2. The van der Waals surface area contributed by atoms with Gasteiger partial charge in [0.2, 0.25) is 5.91 Å². The number of ketones is 1. The van der Waals surface area contributed by atoms with Gasteiger partial charge in [0.05, 0.1) is 17.0 Å². The maximum Gasteiger partial charge on any atom is 0.219 e. The average Bonchev–Trinajstić information content (AvgIpc) is 2.85. The van der Waals surface area contributed by atoms with Crippen molar-refractivity contribution in [1.29, 1.82) is 5.26 Å². The molecule has 6 heteroatoms. The van der Waals surface area contributed by atoms with E-state index < -0.39 is 0 Å². The van der Waals surface area contributed by atoms with E-state index in [0.717, 1.165) is 67.1 Å². The summed E-state index contributed by atoms with van der Waals surface area (Å²) in [6, 6.07) is 12.3. The Labute approximate surface area is 194 Å². The number of aromatic nitrogens is 2. The molecule has 1 amide bonds. The van der Waals surface area contributed by atoms with Crippen LogP contribution in [0.15, 0.2) is 42.0 Å². The molecule has 5 rings (SSSR count). The van der Waals surface area contributed by atoms with E-state index in [9.17, 15) is 14.9 Å². The van der Waals surface area contributed by atoms with E-state index in [-0.39, 0.29) is 40.9 Å². The zero-order valence-electron chi connectivity index (χ0n) is 19.1. The van der Waals surface area contributed by atoms with Crippen LogP contribution in [0.25, 0.3) is 11.3 Å². The first kappa shape index (κ1) is 21.5. The lowest BCUT2D eigenvalue weighted by atomic mass is 9.66. The van der Waals surface area contributed by atoms with Gasteiger partial charge in [0.1, 0.15) is 11.9 Å². The molecule has 2 aliphatic carbocycles. The Balaban J connectivity index is 1.62. The van der Waals surface area contributed by atoms with E-state index in [1.54, 1.807) is 6.92 Å². The molecule has 2 heterocycles. The Kier molecular flexibility index (Phi) is 5.57. The van der Waals surface area contributed by atoms with Gasteiger partial charge in [-0.2, -0.15) is 5.26 Å². The number of benzene rings is 1. The van der Waals surface area contributed by atoms with Gasteiger partial charge in [0, 0.05) is 48.9 Å². The largest absolute Gasteiger partial charge is 0.343 e. The number of fused-ring (bicyclic) bond motifs is 3. The minimum atomic E-state index is -0.180. The molecule has 6 nitrogen and oxygen atoms in total. The number of nitriles is 1. The third-order valence-corrected chi connectivity index (χ3v) is 7.70. The molecular weight excluding hydrogens is 412 g/mol. The summed E-state index contributed by atoms with van der Waals surface area (Å²) in [6.45, 7) is 5.01. The number of hydrogen-bond acceptors (Lipinski definition) is 5. The zero-order valence-corrected chi connectivity index (χ0v) is 19.1. The fourth-order valence-electron chi connectivity index (χ4n) is 5.76. The second-order valence-electron chi connectivity index (χ2n) is 9.51. The van der Waals surface area contributed by atoms with Gasteiger partial charge in [0.25, 0.3) is 0 Å². The van der Waals surface area contributed by atoms with Crippen molar-refractivity contribution in [2.45, 2.75) is 51.4 Å². The number of rotatable bonds is 2. The van der Waals surface area contributed by atoms with Crippen molar-refractivity contribution in [2.75, 3.05) is 13.1 Å². The molecule has 1 aliphatic heterocycles. The van der Waals surface area contributed by atoms with Gasteiger partial charge < -0.3 is 4.90 Å². The Morgan fingerprint density at radius 3 is 2.52 bits per heavy atom. The van der Waals surface area contributed by atoms with Gasteiger partial charge in [-0.3, -0.25) is 9.59 Å². The maximum atomic E-state index is 12.7. The quantitative estimate of drug-likeness (QED) is 0.699. The lowest BCUT2D eigenvalue weighted by Crippen LogP contribution is -2.37. The number of hydrogen-bond donors (Lipinski definition) is 0. The van der Waals surface area contributed by atoms with Crippen LogP contribution in [0, 0.1) is 23.2 Å². The van der Waals surface area contributed by atoms with Crippen molar-refractivity contribution in [3.63, 3.8) is 0 Å². The first-order valence-corrected chi connectivity index (χ1v) is 11.9. The molecule has 0 spiro atoms. The van der Waals surface area contributed by atoms with Crippen molar-refractivity contribution in [3.8, 4) is 17.3 Å². The SMILES string of the molecule is CC(=O)N1CCC(c2nc(-c3ccccc3)c3c(n2)C2C=C(C#N)C(=O)C(C)C2CC3)CC1. The third kappa shape index (κ3) is 3.76. The van der Waals surface area contributed by atoms with Crippen molar-refractivity contribution in [3.05, 3.63) is 59.1 Å². The van der Waals surface area contributed by atoms with E-state index in [0.29, 0.717) is 0 Å². The van der Waals surface area contributed by atoms with Gasteiger partial charge in [0.15, 0.2) is 5.78 Å². The van der Waals surface area contributed by atoms with Crippen molar-refractivity contribution < 1.29 is 9.59 Å². The molecular formula is C27H28N4O2. The Morgan fingerprint density at radius 2 is 1.85 bits per heavy atom. The van der Waals surface area contributed by atoms with Gasteiger partial charge in [-0.25, -0.2) is 9.97 Å². The van der Waals surface area contributed by atoms with Crippen LogP contribution in [0.4, 0.5) is 0 Å². The summed E-state index contributed by atoms with van der Waals surface area (Å²) in [7, 11) is 0. The lowest BCUT2D eigenvalue weighted by Gasteiger charge is -2.38. The van der Waals surface area contributed by atoms with Crippen molar-refractivity contribution >= 4 is 11.7 Å². The summed E-state index contributed by atoms with van der Waals surface area (Å²) >= 11 is 0. The number of likely N-dealkylation sites (tertiary alicyclic amines) is 1. The minimum Gasteiger partial charge on any atom is -0.343 e. The summed E-state index contributed by atoms with van der Waals surface area (Å²) in [5.41, 5.74) is 4.42. The van der Waals surface area contributed by atoms with Gasteiger partial charge >= 0.3 is 0 Å². The lowest BCUT2D eigenvalue weighted by molar-refractivity contribution is -0.129. The number of allylic oxidation sites excluding steroid dienone is 2. The molecule has 3 aliphatic rings. The van der Waals surface area contributed by atoms with Gasteiger partial charge in [-0.15, -0.1) is 0 Å². The number of Topliss-reactive ketones (excluding diaryl/α,β-unsaturated/α-hetero) is 1. The average molecular weight is 441 g/mol. The fourth-order valence-corrected chi connectivity index (χ4v) is 5.76. The zero-order chi connectivity index (χ0) is 23.1. The molecule has 0 radical (unpaired) electrons. The molecule has 1 fully saturated rings. The van der Waals surface area contributed by atoms with Crippen LogP contribution in [0.2, 0.25) is 0 Å². The van der Waals surface area contributed by atoms with E-state index in [2.05, 4.69) is 18.2 Å². The summed E-state index contributed by atoms with van der Waals surface area (Å²) in [5.74, 6) is 1.02. The highest BCUT2D eigenvalue weighted by molar-refractivity contribution is 6.01. The van der Waals surface area contributed by atoms with Crippen LogP contribution < -0.4 is 0 Å². The second kappa shape index (κ2) is 8.55. The molecule has 2 aromatic rings. The Bertz CT molecular complexity index is 1170. The van der Waals surface area contributed by atoms with Crippen molar-refractivity contribution in [1.82, 2.24) is 14.9 Å². The first-order valence-electron chi connectivity index (χ1n) is 11.9. The molecule has 1 aromatic heterocycles. The predicted molar refractivity (Wildman–Crippen MR) is 124 cm³/mol. The number of carbonyl (C=O) groups excluding carboxylic acids is 2. The van der Waals surface area contributed by atoms with Crippen LogP contribution in [0.3, 0.4) is 0 Å². The van der Waals surface area contributed by atoms with Crippen LogP contribution in [-0.4, -0.2) is 39.6 Å². The Morgan fingerprint density at radius 1 is 1.12 bits per heavy atom. The maximum absolute atomic E-state index is 12.7. The summed E-state index contributed by atoms with van der Waals surface area (Å²) in [6.07, 6.45) is 5.26. The van der Waals surface area contributed by atoms with Crippen LogP contribution >= 0.6 is 0 Å². The number of amides is 1. The summed E-state index contributed by atoms with van der Waals surface area (Å²) in [4.78, 5) is 36.5. The first-order chi connectivity index (χ1) is 16.0. The van der Waals surface area contributed by atoms with Crippen molar-refractivity contribution in [2.24, 2.45) is 11.8 Å². The highest BCUT2D eigenvalue weighted by atomic mass is 16.2. The molecule has 1 aromatic carbocycles. The molecule has 0 saturated carbocycles. The topological polar surface area (TPSA) is 86.9 Å². The smallest absolute Gasteiger partial charge is 0.219 e. The minimum absolute atomic E-state index is 0.0439. The molecule has 0 bridgehead atoms. The third-order valence-electron chi connectivity index (χ3n) is 7.70. The standard InChI is InChI=1S/C27H28N4O2/c1-16-21-8-9-22-24(18-6-4-3-5-7-18)29-27(19-10-12-31(13-11-19)17(2)32)30-25(22)23(21)14-20(15-28)26(16)33/h3-7,14,16,19,21,23H,8-13H2,1-2H3. The predicted octanol–water partition coefficient (Wildman–Crippen LogP) is 4.18. The molecule has 0 N–H and O–H groups in total. The van der Waals surface area contributed by atoms with Crippen LogP contribution in [-0.2, 0) is 16.0 Å². The summed E-state index contributed by atoms with van der Waals surface area (Å²) in [5, 5.41) is 9.57. The monoisotopic (exact) mass is 440 g/mol. The Hall–Kier alpha value is -3.33. The molecule has 168 valence electrons. The van der Waals surface area contributed by atoms with E-state index >= 15 is 0 Å². The van der Waals surface area contributed by atoms with E-state index in [1.807, 2.05) is 36.1 Å². The number of nitrogens with zero attached hydrogens (tertiary/aromatic N) is 4. The van der Waals surface area contributed by atoms with E-state index in [4.69, 9.17) is 9.97 Å². The highest BCUT2D eigenvalue weighted by Gasteiger charge is 2.42. The molecule has 1 saturated heterocycles. The van der Waals surface area contributed by atoms with Gasteiger partial charge in [-0.05, 0) is 31.6 Å². The van der Waals surface area contributed by atoms with Crippen LogP contribution in [0.1, 0.15) is 62.0 Å². The summed E-state index contributed by atoms with van der Waals surface area (Å²) < 4.78 is 0. The van der Waals surface area contributed by atoms with E-state index in [1.165, 1.54) is 0 Å². The second-order valence-corrected chi connectivity index (χ2v) is 9.51. The van der Waals surface area contributed by atoms with Gasteiger partial charge in [-0.1, -0.05) is 43.3 Å². The highest BCUT2D eigenvalue weighted by Crippen LogP contribution is 2.47. The molecule has 3 unspecified atom stereocenters. The number of piperidine rings is 1. The fraction of sp³-hybridized carbons (Fsp3) is 0.444.